The van der Waals surface area contributed by atoms with E-state index in [2.05, 4.69) is 26.6 Å². The van der Waals surface area contributed by atoms with Gasteiger partial charge >= 0.3 is 6.09 Å². The SMILES string of the molecule is C/C=C\C(=O)N(C=O)CCCCCC(=O)NC(C(=O)NCC(=O)Nc1ccc(COC(=O)N(C)CC(=O)NC(C(=O)NC)C(C)C)cc1)C(C)C. The van der Waals surface area contributed by atoms with Crippen LogP contribution in [-0.2, 0) is 44.9 Å². The summed E-state index contributed by atoms with van der Waals surface area (Å²) in [6, 6.07) is 4.87. The highest BCUT2D eigenvalue weighted by atomic mass is 16.6. The van der Waals surface area contributed by atoms with Gasteiger partial charge in [0.15, 0.2) is 0 Å². The number of hydrogen-bond donors (Lipinski definition) is 5. The summed E-state index contributed by atoms with van der Waals surface area (Å²) >= 11 is 0. The van der Waals surface area contributed by atoms with Crippen LogP contribution in [0.4, 0.5) is 10.5 Å². The zero-order valence-electron chi connectivity index (χ0n) is 30.6. The Hall–Kier alpha value is -5.28. The Morgan fingerprint density at radius 1 is 0.824 bits per heavy atom. The van der Waals surface area contributed by atoms with Gasteiger partial charge < -0.3 is 36.2 Å². The quantitative estimate of drug-likeness (QED) is 0.0707. The minimum atomic E-state index is -0.857. The molecule has 2 unspecified atom stereocenters. The van der Waals surface area contributed by atoms with Crippen LogP contribution in [0.2, 0.25) is 0 Å². The minimum absolute atomic E-state index is 0.0963. The normalized spacial score (nSPS) is 12.0. The van der Waals surface area contributed by atoms with Gasteiger partial charge in [-0.25, -0.2) is 4.79 Å². The van der Waals surface area contributed by atoms with E-state index in [4.69, 9.17) is 4.74 Å². The van der Waals surface area contributed by atoms with E-state index in [-0.39, 0.29) is 56.3 Å². The van der Waals surface area contributed by atoms with Crippen molar-refractivity contribution in [3.63, 3.8) is 0 Å². The first-order valence-electron chi connectivity index (χ1n) is 16.9. The Balaban J connectivity index is 2.48. The van der Waals surface area contributed by atoms with Crippen molar-refractivity contribution >= 4 is 53.6 Å². The van der Waals surface area contributed by atoms with Crippen molar-refractivity contribution in [2.24, 2.45) is 11.8 Å². The first-order valence-corrected chi connectivity index (χ1v) is 16.9. The second-order valence-corrected chi connectivity index (χ2v) is 12.5. The van der Waals surface area contributed by atoms with Gasteiger partial charge in [-0.1, -0.05) is 52.3 Å². The monoisotopic (exact) mass is 715 g/mol. The second-order valence-electron chi connectivity index (χ2n) is 12.5. The van der Waals surface area contributed by atoms with Gasteiger partial charge in [0, 0.05) is 32.7 Å². The van der Waals surface area contributed by atoms with Crippen LogP contribution in [0.25, 0.3) is 0 Å². The summed E-state index contributed by atoms with van der Waals surface area (Å²) in [5.41, 5.74) is 1.05. The molecule has 0 saturated heterocycles. The van der Waals surface area contributed by atoms with E-state index in [0.717, 1.165) is 9.80 Å². The highest BCUT2D eigenvalue weighted by Gasteiger charge is 2.26. The lowest BCUT2D eigenvalue weighted by Crippen LogP contribution is -2.51. The molecule has 0 aliphatic heterocycles. The number of ether oxygens (including phenoxy) is 1. The van der Waals surface area contributed by atoms with Gasteiger partial charge in [0.2, 0.25) is 35.9 Å². The van der Waals surface area contributed by atoms with E-state index in [1.54, 1.807) is 65.0 Å². The third-order valence-corrected chi connectivity index (χ3v) is 7.52. The van der Waals surface area contributed by atoms with Crippen LogP contribution in [-0.4, -0.2) is 104 Å². The molecule has 0 fully saturated rings. The Kier molecular flexibility index (Phi) is 19.9. The first kappa shape index (κ1) is 43.7. The van der Waals surface area contributed by atoms with E-state index >= 15 is 0 Å². The number of carbonyl (C=O) groups is 8. The Labute approximate surface area is 299 Å². The van der Waals surface area contributed by atoms with Gasteiger partial charge in [0.1, 0.15) is 25.2 Å². The zero-order valence-corrected chi connectivity index (χ0v) is 30.6. The highest BCUT2D eigenvalue weighted by Crippen LogP contribution is 2.12. The van der Waals surface area contributed by atoms with Gasteiger partial charge in [0.05, 0.1) is 6.54 Å². The van der Waals surface area contributed by atoms with Crippen molar-refractivity contribution in [2.45, 2.75) is 79.0 Å². The fraction of sp³-hybridized carbons (Fsp3) is 0.543. The van der Waals surface area contributed by atoms with Crippen LogP contribution in [0.3, 0.4) is 0 Å². The van der Waals surface area contributed by atoms with Gasteiger partial charge in [-0.15, -0.1) is 0 Å². The van der Waals surface area contributed by atoms with Gasteiger partial charge in [-0.2, -0.15) is 0 Å². The van der Waals surface area contributed by atoms with Crippen LogP contribution >= 0.6 is 0 Å². The molecule has 16 nitrogen and oxygen atoms in total. The summed E-state index contributed by atoms with van der Waals surface area (Å²) in [4.78, 5) is 99.6. The topological polar surface area (TPSA) is 212 Å². The summed E-state index contributed by atoms with van der Waals surface area (Å²) in [5.74, 6) is -2.98. The average Bonchev–Trinajstić information content (AvgIpc) is 3.08. The number of hydrogen-bond acceptors (Lipinski definition) is 9. The largest absolute Gasteiger partial charge is 0.445 e. The minimum Gasteiger partial charge on any atom is -0.445 e. The molecule has 0 radical (unpaired) electrons. The third kappa shape index (κ3) is 16.8. The molecule has 0 aliphatic rings. The van der Waals surface area contributed by atoms with Crippen LogP contribution in [0.1, 0.15) is 65.9 Å². The lowest BCUT2D eigenvalue weighted by molar-refractivity contribution is -0.134. The number of benzene rings is 1. The maximum absolute atomic E-state index is 12.8. The molecule has 51 heavy (non-hydrogen) atoms. The average molecular weight is 716 g/mol. The molecule has 0 saturated carbocycles. The van der Waals surface area contributed by atoms with Crippen molar-refractivity contribution in [1.82, 2.24) is 31.1 Å². The number of likely N-dealkylation sites (N-methyl/N-ethyl adjacent to an activating group) is 2. The molecule has 0 spiro atoms. The van der Waals surface area contributed by atoms with Crippen molar-refractivity contribution < 1.29 is 43.1 Å². The van der Waals surface area contributed by atoms with Crippen LogP contribution in [0, 0.1) is 11.8 Å². The predicted molar refractivity (Wildman–Crippen MR) is 190 cm³/mol. The number of imide groups is 1. The molecule has 1 aromatic carbocycles. The van der Waals surface area contributed by atoms with Crippen molar-refractivity contribution in [3.05, 3.63) is 42.0 Å². The van der Waals surface area contributed by atoms with Gasteiger partial charge in [-0.05, 0) is 55.4 Å². The first-order chi connectivity index (χ1) is 24.1. The summed E-state index contributed by atoms with van der Waals surface area (Å²) in [5, 5.41) is 13.0. The molecule has 1 aromatic rings. The molecular formula is C35H53N7O9. The van der Waals surface area contributed by atoms with E-state index in [1.807, 2.05) is 0 Å². The molecule has 2 atom stereocenters. The fourth-order valence-electron chi connectivity index (χ4n) is 4.59. The molecule has 1 rings (SSSR count). The molecule has 0 aliphatic carbocycles. The smallest absolute Gasteiger partial charge is 0.410 e. The Morgan fingerprint density at radius 2 is 1.43 bits per heavy atom. The molecule has 0 aromatic heterocycles. The number of anilines is 1. The highest BCUT2D eigenvalue weighted by molar-refractivity contribution is 5.96. The Bertz CT molecular complexity index is 1380. The number of unbranched alkanes of at least 4 members (excludes halogenated alkanes) is 2. The van der Waals surface area contributed by atoms with Crippen molar-refractivity contribution in [3.8, 4) is 0 Å². The molecule has 5 N–H and O–H groups in total. The summed E-state index contributed by atoms with van der Waals surface area (Å²) in [6.45, 7) is 8.31. The molecular weight excluding hydrogens is 662 g/mol. The maximum atomic E-state index is 12.8. The predicted octanol–water partition coefficient (Wildman–Crippen LogP) is 1.46. The molecule has 282 valence electrons. The summed E-state index contributed by atoms with van der Waals surface area (Å²) in [6.07, 6.45) is 4.39. The summed E-state index contributed by atoms with van der Waals surface area (Å²) < 4.78 is 5.26. The van der Waals surface area contributed by atoms with Crippen molar-refractivity contribution in [1.29, 1.82) is 0 Å². The number of rotatable bonds is 21. The van der Waals surface area contributed by atoms with Crippen LogP contribution in [0.15, 0.2) is 36.4 Å². The van der Waals surface area contributed by atoms with Crippen LogP contribution < -0.4 is 26.6 Å². The molecule has 0 heterocycles. The number of allylic oxidation sites excluding steroid dienone is 1. The van der Waals surface area contributed by atoms with E-state index in [0.29, 0.717) is 36.9 Å². The molecule has 16 heteroatoms. The van der Waals surface area contributed by atoms with Gasteiger partial charge in [-0.3, -0.25) is 38.5 Å². The third-order valence-electron chi connectivity index (χ3n) is 7.52. The molecule has 8 amide bonds. The van der Waals surface area contributed by atoms with Crippen molar-refractivity contribution in [2.75, 3.05) is 39.0 Å². The van der Waals surface area contributed by atoms with Gasteiger partial charge in [0.25, 0.3) is 5.91 Å². The standard InChI is InChI=1S/C35H53N7O9/c1-8-12-30(47)42(22-43)18-11-9-10-13-27(44)39-32(24(4)5)34(49)37-19-28(45)38-26-16-14-25(15-17-26)21-51-35(50)41(7)20-29(46)40-31(23(2)3)33(48)36-6/h8,12,14-17,22-24,31-32H,9-11,13,18-21H2,1-7H3,(H,36,48)(H,37,49)(H,38,45)(H,39,44)(H,40,46)/b12-8-. The second kappa shape index (κ2) is 23.2. The molecule has 0 bridgehead atoms. The lowest BCUT2D eigenvalue weighted by Gasteiger charge is -2.22. The summed E-state index contributed by atoms with van der Waals surface area (Å²) in [7, 11) is 2.87. The number of amides is 8. The number of nitrogens with one attached hydrogen (secondary N) is 5. The van der Waals surface area contributed by atoms with E-state index in [9.17, 15) is 38.4 Å². The van der Waals surface area contributed by atoms with Crippen LogP contribution in [0.5, 0.6) is 0 Å². The maximum Gasteiger partial charge on any atom is 0.410 e. The Morgan fingerprint density at radius 3 is 2.00 bits per heavy atom. The van der Waals surface area contributed by atoms with E-state index in [1.165, 1.54) is 20.2 Å². The zero-order chi connectivity index (χ0) is 38.5. The fourth-order valence-corrected chi connectivity index (χ4v) is 4.59. The number of carbonyl (C=O) groups excluding carboxylic acids is 8. The van der Waals surface area contributed by atoms with E-state index < -0.39 is 41.8 Å². The number of nitrogens with zero attached hydrogens (tertiary/aromatic N) is 2. The lowest BCUT2D eigenvalue weighted by atomic mass is 10.0.